The second-order valence-corrected chi connectivity index (χ2v) is 18.4. The molecular weight excluding hydrogens is 997 g/mol. The number of hydrogen-bond donors (Lipinski definition) is 5. The van der Waals surface area contributed by atoms with Crippen LogP contribution in [0.1, 0.15) is 41.2 Å². The van der Waals surface area contributed by atoms with Crippen LogP contribution in [0.2, 0.25) is 0 Å². The van der Waals surface area contributed by atoms with Crippen LogP contribution in [-0.4, -0.2) is 157 Å². The molecule has 5 N–H and O–H groups in total. The molecule has 25 nitrogen and oxygen atoms in total. The van der Waals surface area contributed by atoms with Gasteiger partial charge in [-0.2, -0.15) is 0 Å². The Morgan fingerprint density at radius 2 is 1.48 bits per heavy atom. The number of carbonyl (C=O) groups is 3. The second kappa shape index (κ2) is 21.0. The van der Waals surface area contributed by atoms with Crippen molar-refractivity contribution in [1.29, 1.82) is 0 Å². The molecular formula is C50H52N2O23. The first-order chi connectivity index (χ1) is 36.0. The summed E-state index contributed by atoms with van der Waals surface area (Å²) >= 11 is 0. The van der Waals surface area contributed by atoms with E-state index in [1.165, 1.54) is 33.4 Å². The molecule has 0 radical (unpaired) electrons. The largest absolute Gasteiger partial charge is 0.493 e. The van der Waals surface area contributed by atoms with Gasteiger partial charge in [0.2, 0.25) is 18.8 Å². The number of rotatable bonds is 13. The zero-order chi connectivity index (χ0) is 53.0. The van der Waals surface area contributed by atoms with Crippen LogP contribution in [0.5, 0.6) is 34.5 Å². The van der Waals surface area contributed by atoms with Gasteiger partial charge in [-0.05, 0) is 59.5 Å². The zero-order valence-electron chi connectivity index (χ0n) is 40.4. The van der Waals surface area contributed by atoms with Gasteiger partial charge in [0.1, 0.15) is 55.1 Å². The third-order valence-corrected chi connectivity index (χ3v) is 14.0. The van der Waals surface area contributed by atoms with Crippen molar-refractivity contribution in [2.75, 3.05) is 46.2 Å². The molecule has 75 heavy (non-hydrogen) atoms. The first-order valence-corrected chi connectivity index (χ1v) is 23.7. The highest BCUT2D eigenvalue weighted by Gasteiger charge is 2.56. The van der Waals surface area contributed by atoms with E-state index in [1.807, 2.05) is 0 Å². The number of non-ortho nitro benzene ring substituents is 1. The number of hydrogen-bond acceptors (Lipinski definition) is 23. The fourth-order valence-corrected chi connectivity index (χ4v) is 10.1. The molecule has 5 aliphatic heterocycles. The summed E-state index contributed by atoms with van der Waals surface area (Å²) < 4.78 is 75.6. The number of carbonyl (C=O) groups excluding carboxylic acids is 3. The molecule has 6 aliphatic rings. The molecule has 0 aromatic heterocycles. The highest BCUT2D eigenvalue weighted by Crippen LogP contribution is 2.57. The van der Waals surface area contributed by atoms with Gasteiger partial charge in [-0.1, -0.05) is 30.3 Å². The van der Waals surface area contributed by atoms with E-state index >= 15 is 0 Å². The number of nitro benzene ring substituents is 1. The normalized spacial score (nSPS) is 31.4. The third-order valence-electron chi connectivity index (χ3n) is 14.0. The molecule has 0 bridgehead atoms. The van der Waals surface area contributed by atoms with Crippen LogP contribution in [0.3, 0.4) is 0 Å². The fourth-order valence-electron chi connectivity index (χ4n) is 10.1. The number of methoxy groups -OCH3 is 2. The van der Waals surface area contributed by atoms with Crippen molar-refractivity contribution in [3.8, 4) is 34.5 Å². The van der Waals surface area contributed by atoms with Crippen molar-refractivity contribution in [3.05, 3.63) is 105 Å². The van der Waals surface area contributed by atoms with E-state index in [1.54, 1.807) is 49.4 Å². The van der Waals surface area contributed by atoms with E-state index in [4.69, 9.17) is 61.6 Å². The van der Waals surface area contributed by atoms with E-state index in [9.17, 15) is 50.0 Å². The molecule has 25 heteroatoms. The Kier molecular flexibility index (Phi) is 14.4. The average molecular weight is 1050 g/mol. The maximum absolute atomic E-state index is 14.2. The first kappa shape index (κ1) is 51.6. The molecule has 400 valence electrons. The van der Waals surface area contributed by atoms with Crippen LogP contribution in [0.25, 0.3) is 0 Å². The summed E-state index contributed by atoms with van der Waals surface area (Å²) in [5.74, 6) is -4.24. The molecule has 4 fully saturated rings. The van der Waals surface area contributed by atoms with Crippen LogP contribution in [0, 0.1) is 22.0 Å². The van der Waals surface area contributed by atoms with Crippen molar-refractivity contribution >= 4 is 29.4 Å². The summed E-state index contributed by atoms with van der Waals surface area (Å²) in [6, 6.07) is 18.1. The lowest BCUT2D eigenvalue weighted by Crippen LogP contribution is -2.63. The fraction of sp³-hybridized carbons (Fsp3) is 0.460. The minimum atomic E-state index is -2.00. The minimum Gasteiger partial charge on any atom is -0.493 e. The molecule has 4 aromatic carbocycles. The van der Waals surface area contributed by atoms with Crippen LogP contribution in [-0.2, 0) is 49.4 Å². The maximum atomic E-state index is 14.2. The van der Waals surface area contributed by atoms with Crippen molar-refractivity contribution in [2.45, 2.75) is 93.3 Å². The first-order valence-electron chi connectivity index (χ1n) is 23.7. The van der Waals surface area contributed by atoms with Crippen LogP contribution < -0.4 is 33.3 Å². The van der Waals surface area contributed by atoms with E-state index in [0.717, 1.165) is 23.1 Å². The second-order valence-electron chi connectivity index (χ2n) is 18.4. The molecule has 0 saturated carbocycles. The Balaban J connectivity index is 0.934. The number of anilines is 1. The molecule has 4 saturated heterocycles. The van der Waals surface area contributed by atoms with Gasteiger partial charge >= 0.3 is 18.0 Å². The van der Waals surface area contributed by atoms with Gasteiger partial charge in [0.15, 0.2) is 41.7 Å². The van der Waals surface area contributed by atoms with Gasteiger partial charge in [0.25, 0.3) is 5.69 Å². The lowest BCUT2D eigenvalue weighted by Gasteiger charge is -2.47. The number of nitrogens with zero attached hydrogens (tertiary/aromatic N) is 2. The van der Waals surface area contributed by atoms with E-state index < -0.39 is 120 Å². The smallest absolute Gasteiger partial charge is 0.419 e. The lowest BCUT2D eigenvalue weighted by molar-refractivity contribution is -0.384. The molecule has 1 amide bonds. The van der Waals surface area contributed by atoms with Crippen LogP contribution in [0.4, 0.5) is 16.2 Å². The number of aliphatic hydroxyl groups excluding tert-OH is 5. The Labute approximate surface area is 425 Å². The summed E-state index contributed by atoms with van der Waals surface area (Å²) in [5, 5.41) is 67.0. The van der Waals surface area contributed by atoms with Gasteiger partial charge in [-0.15, -0.1) is 0 Å². The summed E-state index contributed by atoms with van der Waals surface area (Å²) in [4.78, 5) is 53.5. The molecule has 10 rings (SSSR count). The molecule has 1 aliphatic carbocycles. The number of benzene rings is 4. The van der Waals surface area contributed by atoms with Crippen molar-refractivity contribution in [3.63, 3.8) is 0 Å². The Morgan fingerprint density at radius 1 is 0.787 bits per heavy atom. The number of aliphatic hydroxyl groups is 5. The number of amides is 1. The number of nitro groups is 1. The molecule has 5 heterocycles. The van der Waals surface area contributed by atoms with Crippen molar-refractivity contribution < 1.29 is 106 Å². The lowest BCUT2D eigenvalue weighted by atomic mass is 9.66. The minimum absolute atomic E-state index is 0.0527. The Bertz CT molecular complexity index is 2790. The standard InChI is InChI=1S/C50H52N2O23/c1-21-65-19-34-44(70-21)39(55)41(57)49(72-34)73-42-26-16-31-30(68-20-69-31)15-25(26)35(36-27(42)18-67-46(36)58)23-12-32(63-3)43(33(13-23)64-4)75-50(60)51(2)28-14-24(52(61)62)10-11-29(28)71-48-40(56)37(53)38(54)45(74-48)47(59)66-17-22-8-6-5-7-9-22/h5-16,21,27,34-42,44-45,48-49,53-57H,17-20H2,1-4H3/t21?,27-,34?,35+,36-,37?,38?,39+,40?,41?,42?,44+,45?,48?,49-/m0/s1. The SMILES string of the molecule is COc1cc([C@@H]2c3cc4c(cc3C(O[C@@H]3OC5COC(C)O[C@H]5[C@H](O)C3O)[C@H]3COC(=O)[C@H]23)OCO4)cc(OC)c1OC(=O)N(C)c1cc([N+](=O)[O-])ccc1OC1OC(C(=O)OCc2ccccc2)C(O)C(O)C1O. The van der Waals surface area contributed by atoms with E-state index in [-0.39, 0.29) is 55.3 Å². The summed E-state index contributed by atoms with van der Waals surface area (Å²) in [5.41, 5.74) is 1.22. The number of cyclic esters (lactones) is 1. The van der Waals surface area contributed by atoms with Gasteiger partial charge in [0, 0.05) is 31.0 Å². The van der Waals surface area contributed by atoms with Gasteiger partial charge in [-0.25, -0.2) is 9.59 Å². The summed E-state index contributed by atoms with van der Waals surface area (Å²) in [7, 11) is 3.76. The number of esters is 2. The summed E-state index contributed by atoms with van der Waals surface area (Å²) in [6.07, 6.45) is -18.6. The number of fused-ring (bicyclic) bond motifs is 4. The quantitative estimate of drug-likeness (QED) is 0.0727. The van der Waals surface area contributed by atoms with E-state index in [2.05, 4.69) is 0 Å². The van der Waals surface area contributed by atoms with Crippen LogP contribution >= 0.6 is 0 Å². The predicted molar refractivity (Wildman–Crippen MR) is 248 cm³/mol. The highest BCUT2D eigenvalue weighted by molar-refractivity contribution is 5.92. The Hall–Kier alpha value is -6.91. The van der Waals surface area contributed by atoms with Crippen LogP contribution in [0.15, 0.2) is 72.8 Å². The molecule has 0 spiro atoms. The maximum Gasteiger partial charge on any atom is 0.419 e. The van der Waals surface area contributed by atoms with Gasteiger partial charge in [0.05, 0.1) is 50.1 Å². The molecule has 15 atom stereocenters. The third kappa shape index (κ3) is 9.71. The highest BCUT2D eigenvalue weighted by atomic mass is 16.8. The van der Waals surface area contributed by atoms with Gasteiger partial charge < -0.3 is 87.1 Å². The van der Waals surface area contributed by atoms with Crippen molar-refractivity contribution in [2.24, 2.45) is 11.8 Å². The predicted octanol–water partition coefficient (Wildman–Crippen LogP) is 2.11. The Morgan fingerprint density at radius 3 is 2.17 bits per heavy atom. The summed E-state index contributed by atoms with van der Waals surface area (Å²) in [6.45, 7) is 1.28. The van der Waals surface area contributed by atoms with Gasteiger partial charge in [-0.3, -0.25) is 19.8 Å². The average Bonchev–Trinajstić information content (AvgIpc) is 4.08. The topological polar surface area (TPSA) is 319 Å². The monoisotopic (exact) mass is 1050 g/mol. The number of ether oxygens (including phenoxy) is 13. The zero-order valence-corrected chi connectivity index (χ0v) is 40.4. The molecule has 9 unspecified atom stereocenters. The van der Waals surface area contributed by atoms with E-state index in [0.29, 0.717) is 33.8 Å². The molecule has 4 aromatic rings. The van der Waals surface area contributed by atoms with Crippen molar-refractivity contribution in [1.82, 2.24) is 0 Å².